The fraction of sp³-hybridized carbons (Fsp3) is 0.500. The van der Waals surface area contributed by atoms with Crippen molar-refractivity contribution in [2.45, 2.75) is 50.9 Å². The molecule has 2 amide bonds. The normalized spacial score (nSPS) is 12.2. The highest BCUT2D eigenvalue weighted by Crippen LogP contribution is 2.26. The Bertz CT molecular complexity index is 836. The van der Waals surface area contributed by atoms with Gasteiger partial charge in [-0.2, -0.15) is 0 Å². The molecule has 0 aliphatic carbocycles. The summed E-state index contributed by atoms with van der Waals surface area (Å²) in [5, 5.41) is 12.2. The number of unbranched alkanes of at least 4 members (excludes halogenated alkanes) is 1. The molecule has 1 atom stereocenters. The molecule has 158 valence electrons. The third kappa shape index (κ3) is 6.04. The molecule has 0 saturated heterocycles. The topological polar surface area (TPSA) is 106 Å². The van der Waals surface area contributed by atoms with Crippen LogP contribution in [0.4, 0.5) is 5.69 Å². The lowest BCUT2D eigenvalue weighted by Gasteiger charge is -2.23. The molecule has 2 aromatic rings. The number of primary amides is 1. The SMILES string of the molecule is CCCCn1c(SCC(=O)Nc2ccccc2C(N)=O)nnc1[C@H](CC)N(C)C. The molecule has 1 aromatic heterocycles. The summed E-state index contributed by atoms with van der Waals surface area (Å²) < 4.78 is 2.12. The predicted octanol–water partition coefficient (Wildman–Crippen LogP) is 2.92. The Hall–Kier alpha value is -2.39. The number of amides is 2. The average molecular weight is 419 g/mol. The van der Waals surface area contributed by atoms with Crippen molar-refractivity contribution >= 4 is 29.3 Å². The molecule has 3 N–H and O–H groups in total. The van der Waals surface area contributed by atoms with E-state index in [1.165, 1.54) is 11.8 Å². The van der Waals surface area contributed by atoms with Crippen LogP contribution in [-0.2, 0) is 11.3 Å². The van der Waals surface area contributed by atoms with Crippen LogP contribution in [-0.4, -0.2) is 51.3 Å². The van der Waals surface area contributed by atoms with E-state index in [2.05, 4.69) is 38.8 Å². The lowest BCUT2D eigenvalue weighted by Crippen LogP contribution is -2.23. The van der Waals surface area contributed by atoms with Gasteiger partial charge >= 0.3 is 0 Å². The smallest absolute Gasteiger partial charge is 0.250 e. The number of nitrogens with one attached hydrogen (secondary N) is 1. The average Bonchev–Trinajstić information content (AvgIpc) is 3.07. The largest absolute Gasteiger partial charge is 0.366 e. The summed E-state index contributed by atoms with van der Waals surface area (Å²) in [5.41, 5.74) is 6.07. The van der Waals surface area contributed by atoms with Gasteiger partial charge in [0.2, 0.25) is 5.91 Å². The van der Waals surface area contributed by atoms with Crippen molar-refractivity contribution in [1.29, 1.82) is 0 Å². The number of rotatable bonds is 11. The molecule has 8 nitrogen and oxygen atoms in total. The molecule has 2 rings (SSSR count). The van der Waals surface area contributed by atoms with Crippen LogP contribution in [0.1, 0.15) is 55.3 Å². The minimum absolute atomic E-state index is 0.163. The van der Waals surface area contributed by atoms with Crippen LogP contribution in [0.2, 0.25) is 0 Å². The minimum Gasteiger partial charge on any atom is -0.366 e. The molecule has 0 aliphatic rings. The van der Waals surface area contributed by atoms with E-state index in [1.54, 1.807) is 24.3 Å². The summed E-state index contributed by atoms with van der Waals surface area (Å²) in [7, 11) is 4.06. The number of thioether (sulfide) groups is 1. The van der Waals surface area contributed by atoms with Gasteiger partial charge < -0.3 is 15.6 Å². The maximum atomic E-state index is 12.4. The molecule has 1 aromatic carbocycles. The van der Waals surface area contributed by atoms with E-state index >= 15 is 0 Å². The first-order chi connectivity index (χ1) is 13.9. The van der Waals surface area contributed by atoms with Crippen LogP contribution in [0, 0.1) is 0 Å². The van der Waals surface area contributed by atoms with Crippen LogP contribution >= 0.6 is 11.8 Å². The van der Waals surface area contributed by atoms with Gasteiger partial charge in [-0.3, -0.25) is 14.5 Å². The molecule has 0 fully saturated rings. The monoisotopic (exact) mass is 418 g/mol. The third-order valence-corrected chi connectivity index (χ3v) is 5.55. The molecular formula is C20H30N6O2S. The lowest BCUT2D eigenvalue weighted by atomic mass is 10.1. The Labute approximate surface area is 176 Å². The van der Waals surface area contributed by atoms with Crippen LogP contribution in [0.3, 0.4) is 0 Å². The standard InChI is InChI=1S/C20H30N6O2S/c1-5-7-12-26-19(16(6-2)25(3)4)23-24-20(26)29-13-17(27)22-15-11-9-8-10-14(15)18(21)28/h8-11,16H,5-7,12-13H2,1-4H3,(H2,21,28)(H,22,27)/t16-/m0/s1. The van der Waals surface area contributed by atoms with Crippen molar-refractivity contribution in [1.82, 2.24) is 19.7 Å². The Morgan fingerprint density at radius 1 is 1.24 bits per heavy atom. The zero-order valence-electron chi connectivity index (χ0n) is 17.5. The second-order valence-electron chi connectivity index (χ2n) is 6.98. The highest BCUT2D eigenvalue weighted by molar-refractivity contribution is 7.99. The van der Waals surface area contributed by atoms with Gasteiger partial charge in [-0.25, -0.2) is 0 Å². The van der Waals surface area contributed by atoms with Crippen molar-refractivity contribution in [3.63, 3.8) is 0 Å². The van der Waals surface area contributed by atoms with Crippen molar-refractivity contribution in [3.05, 3.63) is 35.7 Å². The molecule has 0 aliphatic heterocycles. The van der Waals surface area contributed by atoms with Crippen molar-refractivity contribution < 1.29 is 9.59 Å². The Balaban J connectivity index is 2.12. The van der Waals surface area contributed by atoms with E-state index in [9.17, 15) is 9.59 Å². The zero-order chi connectivity index (χ0) is 21.4. The van der Waals surface area contributed by atoms with Gasteiger partial charge in [-0.15, -0.1) is 10.2 Å². The molecule has 29 heavy (non-hydrogen) atoms. The van der Waals surface area contributed by atoms with Gasteiger partial charge in [0, 0.05) is 6.54 Å². The fourth-order valence-corrected chi connectivity index (χ4v) is 3.85. The minimum atomic E-state index is -0.577. The number of nitrogens with two attached hydrogens (primary N) is 1. The number of carbonyl (C=O) groups is 2. The first kappa shape index (κ1) is 22.9. The maximum absolute atomic E-state index is 12.4. The molecule has 9 heteroatoms. The molecule has 0 saturated carbocycles. The summed E-state index contributed by atoms with van der Waals surface area (Å²) in [5.74, 6) is 0.283. The molecule has 1 heterocycles. The van der Waals surface area contributed by atoms with Crippen LogP contribution in [0.25, 0.3) is 0 Å². The Morgan fingerprint density at radius 2 is 1.97 bits per heavy atom. The van der Waals surface area contributed by atoms with E-state index in [4.69, 9.17) is 5.73 Å². The van der Waals surface area contributed by atoms with Gasteiger partial charge in [0.15, 0.2) is 11.0 Å². The van der Waals surface area contributed by atoms with Crippen LogP contribution in [0.5, 0.6) is 0 Å². The number of aromatic nitrogens is 3. The van der Waals surface area contributed by atoms with Gasteiger partial charge in [0.1, 0.15) is 0 Å². The second kappa shape index (κ2) is 11.0. The van der Waals surface area contributed by atoms with Gasteiger partial charge in [0.05, 0.1) is 23.0 Å². The molecule has 0 radical (unpaired) electrons. The van der Waals surface area contributed by atoms with E-state index in [-0.39, 0.29) is 23.3 Å². The van der Waals surface area contributed by atoms with E-state index < -0.39 is 5.91 Å². The fourth-order valence-electron chi connectivity index (χ4n) is 3.08. The van der Waals surface area contributed by atoms with Crippen molar-refractivity contribution in [2.75, 3.05) is 25.2 Å². The first-order valence-corrected chi connectivity index (χ1v) is 10.8. The molecule has 0 bridgehead atoms. The quantitative estimate of drug-likeness (QED) is 0.544. The van der Waals surface area contributed by atoms with Crippen LogP contribution < -0.4 is 11.1 Å². The first-order valence-electron chi connectivity index (χ1n) is 9.80. The third-order valence-electron chi connectivity index (χ3n) is 4.59. The molecule has 0 spiro atoms. The molecular weight excluding hydrogens is 388 g/mol. The molecule has 0 unspecified atom stereocenters. The van der Waals surface area contributed by atoms with Gasteiger partial charge in [-0.1, -0.05) is 44.2 Å². The number of benzene rings is 1. The van der Waals surface area contributed by atoms with E-state index in [0.29, 0.717) is 5.69 Å². The van der Waals surface area contributed by atoms with Crippen LogP contribution in [0.15, 0.2) is 29.4 Å². The summed E-state index contributed by atoms with van der Waals surface area (Å²) in [6.07, 6.45) is 3.00. The maximum Gasteiger partial charge on any atom is 0.250 e. The van der Waals surface area contributed by atoms with Crippen molar-refractivity contribution in [3.8, 4) is 0 Å². The number of para-hydroxylation sites is 1. The summed E-state index contributed by atoms with van der Waals surface area (Å²) >= 11 is 1.34. The van der Waals surface area contributed by atoms with Crippen molar-refractivity contribution in [2.24, 2.45) is 5.73 Å². The second-order valence-corrected chi connectivity index (χ2v) is 7.92. The Morgan fingerprint density at radius 3 is 2.59 bits per heavy atom. The lowest BCUT2D eigenvalue weighted by molar-refractivity contribution is -0.113. The predicted molar refractivity (Wildman–Crippen MR) is 116 cm³/mol. The summed E-state index contributed by atoms with van der Waals surface area (Å²) in [6.45, 7) is 5.08. The zero-order valence-corrected chi connectivity index (χ0v) is 18.3. The number of hydrogen-bond acceptors (Lipinski definition) is 6. The number of hydrogen-bond donors (Lipinski definition) is 2. The van der Waals surface area contributed by atoms with Gasteiger partial charge in [0.25, 0.3) is 5.91 Å². The Kier molecular flexibility index (Phi) is 8.66. The highest BCUT2D eigenvalue weighted by atomic mass is 32.2. The highest BCUT2D eigenvalue weighted by Gasteiger charge is 2.22. The van der Waals surface area contributed by atoms with Gasteiger partial charge in [-0.05, 0) is 39.1 Å². The number of nitrogens with zero attached hydrogens (tertiary/aromatic N) is 4. The summed E-state index contributed by atoms with van der Waals surface area (Å²) in [6, 6.07) is 6.87. The number of carbonyl (C=O) groups excluding carboxylic acids is 2. The van der Waals surface area contributed by atoms with E-state index in [1.807, 2.05) is 14.1 Å². The number of anilines is 1. The van der Waals surface area contributed by atoms with E-state index in [0.717, 1.165) is 36.8 Å². The summed E-state index contributed by atoms with van der Waals surface area (Å²) in [4.78, 5) is 26.1.